The molecule has 2 N–H and O–H groups in total. The molecule has 1 amide bonds. The lowest BCUT2D eigenvalue weighted by atomic mass is 10.1. The van der Waals surface area contributed by atoms with Gasteiger partial charge in [-0.15, -0.1) is 10.2 Å². The molecule has 0 aliphatic carbocycles. The molecule has 1 aromatic heterocycles. The number of aromatic nitrogens is 2. The number of sulfone groups is 1. The molecule has 3 aromatic carbocycles. The minimum absolute atomic E-state index is 0.0308. The summed E-state index contributed by atoms with van der Waals surface area (Å²) < 4.78 is 45.8. The highest BCUT2D eigenvalue weighted by Crippen LogP contribution is 2.36. The number of anilines is 1. The third-order valence-corrected chi connectivity index (χ3v) is 7.66. The van der Waals surface area contributed by atoms with Crippen LogP contribution in [0, 0.1) is 5.82 Å². The van der Waals surface area contributed by atoms with Gasteiger partial charge in [0.1, 0.15) is 5.82 Å². The molecule has 0 unspecified atom stereocenters. The Morgan fingerprint density at radius 1 is 1.06 bits per heavy atom. The lowest BCUT2D eigenvalue weighted by molar-refractivity contribution is -0.119. The number of rotatable bonds is 4. The van der Waals surface area contributed by atoms with E-state index in [1.807, 2.05) is 0 Å². The average molecular weight is 513 g/mol. The fourth-order valence-electron chi connectivity index (χ4n) is 3.86. The molecule has 35 heavy (non-hydrogen) atoms. The van der Waals surface area contributed by atoms with Crippen molar-refractivity contribution in [3.8, 4) is 22.9 Å². The molecule has 4 aromatic rings. The number of hydrogen-bond acceptors (Lipinski definition) is 7. The maximum atomic E-state index is 14.1. The molecular weight excluding hydrogens is 495 g/mol. The van der Waals surface area contributed by atoms with Crippen LogP contribution in [0.3, 0.4) is 0 Å². The Bertz CT molecular complexity index is 1540. The van der Waals surface area contributed by atoms with Gasteiger partial charge in [0, 0.05) is 10.6 Å². The topological polar surface area (TPSA) is 119 Å². The lowest BCUT2D eigenvalue weighted by Gasteiger charge is -2.24. The van der Waals surface area contributed by atoms with Gasteiger partial charge >= 0.3 is 0 Å². The number of nitrogens with zero attached hydrogens (tertiary/aromatic N) is 3. The van der Waals surface area contributed by atoms with Gasteiger partial charge in [-0.3, -0.25) is 4.79 Å². The summed E-state index contributed by atoms with van der Waals surface area (Å²) in [5, 5.41) is 8.43. The fourth-order valence-corrected chi connectivity index (χ4v) is 5.54. The highest BCUT2D eigenvalue weighted by Gasteiger charge is 2.36. The molecular formula is C24H18ClFN4O4S. The van der Waals surface area contributed by atoms with Crippen LogP contribution >= 0.6 is 11.6 Å². The van der Waals surface area contributed by atoms with Crippen LogP contribution in [0.4, 0.5) is 10.1 Å². The first-order valence-electron chi connectivity index (χ1n) is 10.5. The minimum atomic E-state index is -3.86. The highest BCUT2D eigenvalue weighted by molar-refractivity contribution is 7.91. The van der Waals surface area contributed by atoms with E-state index in [0.717, 1.165) is 5.56 Å². The molecule has 0 radical (unpaired) electrons. The molecule has 178 valence electrons. The number of amides is 1. The standard InChI is InChI=1S/C24H18ClFN4O4S/c25-16-8-5-14(6-9-16)12-30-20-11-15(7-10-21(20)35(32,33)13-19(27)24(30)31)22-28-29-23(34-22)17-3-1-2-4-18(17)26/h1-11,19H,12-13,27H2/t19-/m0/s1. The Morgan fingerprint density at radius 3 is 2.51 bits per heavy atom. The predicted octanol–water partition coefficient (Wildman–Crippen LogP) is 3.84. The Hall–Kier alpha value is -3.60. The second-order valence-corrected chi connectivity index (χ2v) is 10.5. The van der Waals surface area contributed by atoms with Gasteiger partial charge in [0.05, 0.1) is 34.5 Å². The van der Waals surface area contributed by atoms with E-state index in [-0.39, 0.29) is 34.5 Å². The van der Waals surface area contributed by atoms with Crippen LogP contribution in [-0.2, 0) is 21.2 Å². The fraction of sp³-hybridized carbons (Fsp3) is 0.125. The quantitative estimate of drug-likeness (QED) is 0.441. The SMILES string of the molecule is N[C@H]1CS(=O)(=O)c2ccc(-c3nnc(-c4ccccc4F)o3)cc2N(Cc2ccc(Cl)cc2)C1=O. The van der Waals surface area contributed by atoms with Crippen molar-refractivity contribution in [1.29, 1.82) is 0 Å². The molecule has 2 heterocycles. The van der Waals surface area contributed by atoms with Crippen molar-refractivity contribution in [3.63, 3.8) is 0 Å². The number of nitrogens with two attached hydrogens (primary N) is 1. The predicted molar refractivity (Wildman–Crippen MR) is 128 cm³/mol. The van der Waals surface area contributed by atoms with E-state index >= 15 is 0 Å². The van der Waals surface area contributed by atoms with Crippen molar-refractivity contribution in [3.05, 3.63) is 83.1 Å². The number of carbonyl (C=O) groups excluding carboxylic acids is 1. The number of carbonyl (C=O) groups is 1. The van der Waals surface area contributed by atoms with Gasteiger partial charge in [-0.1, -0.05) is 35.9 Å². The van der Waals surface area contributed by atoms with Crippen molar-refractivity contribution in [2.75, 3.05) is 10.7 Å². The van der Waals surface area contributed by atoms with Crippen LogP contribution in [0.15, 0.2) is 76.0 Å². The van der Waals surface area contributed by atoms with Crippen LogP contribution in [0.5, 0.6) is 0 Å². The van der Waals surface area contributed by atoms with Gasteiger partial charge < -0.3 is 15.1 Å². The molecule has 1 aliphatic rings. The highest BCUT2D eigenvalue weighted by atomic mass is 35.5. The monoisotopic (exact) mass is 512 g/mol. The Morgan fingerprint density at radius 2 is 1.77 bits per heavy atom. The van der Waals surface area contributed by atoms with Crippen molar-refractivity contribution in [2.24, 2.45) is 5.73 Å². The van der Waals surface area contributed by atoms with E-state index in [1.165, 1.54) is 35.2 Å². The van der Waals surface area contributed by atoms with Crippen molar-refractivity contribution in [2.45, 2.75) is 17.5 Å². The maximum absolute atomic E-state index is 14.1. The molecule has 0 spiro atoms. The molecule has 0 fully saturated rings. The van der Waals surface area contributed by atoms with Crippen molar-refractivity contribution in [1.82, 2.24) is 10.2 Å². The number of fused-ring (bicyclic) bond motifs is 1. The second kappa shape index (κ2) is 8.88. The van der Waals surface area contributed by atoms with E-state index in [1.54, 1.807) is 36.4 Å². The molecule has 0 bridgehead atoms. The van der Waals surface area contributed by atoms with E-state index in [0.29, 0.717) is 10.6 Å². The normalized spacial score (nSPS) is 17.2. The first kappa shape index (κ1) is 23.2. The summed E-state index contributed by atoms with van der Waals surface area (Å²) in [5.74, 6) is -1.58. The summed E-state index contributed by atoms with van der Waals surface area (Å²) in [5.41, 5.74) is 7.32. The van der Waals surface area contributed by atoms with E-state index < -0.39 is 33.4 Å². The smallest absolute Gasteiger partial charge is 0.251 e. The summed E-state index contributed by atoms with van der Waals surface area (Å²) in [7, 11) is -3.86. The molecule has 0 saturated heterocycles. The first-order chi connectivity index (χ1) is 16.7. The Labute approximate surface area is 205 Å². The van der Waals surface area contributed by atoms with Crippen molar-refractivity contribution >= 4 is 33.0 Å². The van der Waals surface area contributed by atoms with Crippen LogP contribution in [0.25, 0.3) is 22.9 Å². The molecule has 1 atom stereocenters. The van der Waals surface area contributed by atoms with Gasteiger partial charge in [0.2, 0.25) is 11.8 Å². The third kappa shape index (κ3) is 4.43. The van der Waals surface area contributed by atoms with Crippen LogP contribution in [0.2, 0.25) is 5.02 Å². The molecule has 1 aliphatic heterocycles. The second-order valence-electron chi connectivity index (χ2n) is 8.01. The van der Waals surface area contributed by atoms with Gasteiger partial charge in [-0.05, 0) is 48.0 Å². The third-order valence-electron chi connectivity index (χ3n) is 5.60. The zero-order chi connectivity index (χ0) is 24.7. The van der Waals surface area contributed by atoms with E-state index in [2.05, 4.69) is 10.2 Å². The van der Waals surface area contributed by atoms with Crippen LogP contribution in [-0.4, -0.2) is 36.3 Å². The summed E-state index contributed by atoms with van der Waals surface area (Å²) in [6.45, 7) is 0.0694. The maximum Gasteiger partial charge on any atom is 0.251 e. The van der Waals surface area contributed by atoms with Gasteiger partial charge in [0.25, 0.3) is 5.89 Å². The lowest BCUT2D eigenvalue weighted by Crippen LogP contribution is -2.45. The van der Waals surface area contributed by atoms with Crippen LogP contribution < -0.4 is 10.6 Å². The summed E-state index contributed by atoms with van der Waals surface area (Å²) in [6, 6.07) is 15.9. The van der Waals surface area contributed by atoms with Gasteiger partial charge in [0.15, 0.2) is 9.84 Å². The zero-order valence-electron chi connectivity index (χ0n) is 18.1. The number of halogens is 2. The summed E-state index contributed by atoms with van der Waals surface area (Å²) in [6.07, 6.45) is 0. The van der Waals surface area contributed by atoms with Crippen LogP contribution in [0.1, 0.15) is 5.56 Å². The summed E-state index contributed by atoms with van der Waals surface area (Å²) in [4.78, 5) is 14.4. The average Bonchev–Trinajstić information content (AvgIpc) is 3.31. The minimum Gasteiger partial charge on any atom is -0.416 e. The van der Waals surface area contributed by atoms with E-state index in [4.69, 9.17) is 21.8 Å². The number of hydrogen-bond donors (Lipinski definition) is 1. The van der Waals surface area contributed by atoms with E-state index in [9.17, 15) is 17.6 Å². The molecule has 11 heteroatoms. The largest absolute Gasteiger partial charge is 0.416 e. The summed E-state index contributed by atoms with van der Waals surface area (Å²) >= 11 is 5.97. The first-order valence-corrected chi connectivity index (χ1v) is 12.5. The molecule has 5 rings (SSSR count). The number of benzene rings is 3. The Balaban J connectivity index is 1.61. The zero-order valence-corrected chi connectivity index (χ0v) is 19.6. The molecule has 8 nitrogen and oxygen atoms in total. The van der Waals surface area contributed by atoms with Gasteiger partial charge in [-0.2, -0.15) is 0 Å². The van der Waals surface area contributed by atoms with Crippen molar-refractivity contribution < 1.29 is 22.0 Å². The molecule has 0 saturated carbocycles. The van der Waals surface area contributed by atoms with Gasteiger partial charge in [-0.25, -0.2) is 12.8 Å². The Kier molecular flexibility index (Phi) is 5.87.